The maximum absolute atomic E-state index is 10.4. The summed E-state index contributed by atoms with van der Waals surface area (Å²) in [6.45, 7) is 0. The van der Waals surface area contributed by atoms with Crippen molar-refractivity contribution in [2.45, 2.75) is 25.7 Å². The molecular formula is C13H14N2O4. The van der Waals surface area contributed by atoms with Crippen LogP contribution in [0.1, 0.15) is 30.2 Å². The minimum Gasteiger partial charge on any atom is -0.508 e. The van der Waals surface area contributed by atoms with E-state index >= 15 is 0 Å². The lowest BCUT2D eigenvalue weighted by Gasteiger charge is -1.97. The first kappa shape index (κ1) is 13.1. The van der Waals surface area contributed by atoms with Gasteiger partial charge in [-0.1, -0.05) is 12.1 Å². The van der Waals surface area contributed by atoms with Gasteiger partial charge in [0.15, 0.2) is 0 Å². The molecule has 0 radical (unpaired) electrons. The summed E-state index contributed by atoms with van der Waals surface area (Å²) in [7, 11) is 0. The van der Waals surface area contributed by atoms with Crippen LogP contribution in [0.25, 0.3) is 0 Å². The fraction of sp³-hybridized carbons (Fsp3) is 0.308. The zero-order valence-electron chi connectivity index (χ0n) is 10.2. The van der Waals surface area contributed by atoms with Crippen LogP contribution in [0.3, 0.4) is 0 Å². The first-order valence-electron chi connectivity index (χ1n) is 5.94. The van der Waals surface area contributed by atoms with Crippen molar-refractivity contribution in [3.05, 3.63) is 41.6 Å². The van der Waals surface area contributed by atoms with E-state index in [4.69, 9.17) is 9.52 Å². The molecule has 0 unspecified atom stereocenters. The molecule has 1 aromatic heterocycles. The van der Waals surface area contributed by atoms with E-state index in [0.717, 1.165) is 5.56 Å². The van der Waals surface area contributed by atoms with E-state index < -0.39 is 5.97 Å². The lowest BCUT2D eigenvalue weighted by Crippen LogP contribution is -1.95. The number of hydrogen-bond acceptors (Lipinski definition) is 5. The lowest BCUT2D eigenvalue weighted by atomic mass is 10.1. The third-order valence-corrected chi connectivity index (χ3v) is 2.56. The summed E-state index contributed by atoms with van der Waals surface area (Å²) in [4.78, 5) is 10.4. The molecule has 2 N–H and O–H groups in total. The topological polar surface area (TPSA) is 96.5 Å². The second-order valence-corrected chi connectivity index (χ2v) is 4.18. The molecule has 0 saturated carbocycles. The summed E-state index contributed by atoms with van der Waals surface area (Å²) < 4.78 is 5.41. The van der Waals surface area contributed by atoms with Gasteiger partial charge >= 0.3 is 5.97 Å². The van der Waals surface area contributed by atoms with Crippen LogP contribution in [0, 0.1) is 0 Å². The average molecular weight is 262 g/mol. The number of carbonyl (C=O) groups is 1. The molecule has 0 aliphatic rings. The molecule has 1 aromatic carbocycles. The average Bonchev–Trinajstić information content (AvgIpc) is 2.76. The molecule has 100 valence electrons. The van der Waals surface area contributed by atoms with E-state index in [2.05, 4.69) is 10.2 Å². The highest BCUT2D eigenvalue weighted by Gasteiger charge is 2.08. The molecule has 0 fully saturated rings. The molecule has 0 spiro atoms. The first-order chi connectivity index (χ1) is 9.13. The van der Waals surface area contributed by atoms with E-state index in [1.165, 1.54) is 0 Å². The maximum Gasteiger partial charge on any atom is 0.303 e. The number of phenolic OH excluding ortho intramolecular Hbond substituents is 1. The number of nitrogens with zero attached hydrogens (tertiary/aromatic N) is 2. The predicted molar refractivity (Wildman–Crippen MR) is 65.8 cm³/mol. The zero-order valence-corrected chi connectivity index (χ0v) is 10.2. The van der Waals surface area contributed by atoms with Crippen molar-refractivity contribution in [2.75, 3.05) is 0 Å². The predicted octanol–water partition coefficient (Wildman–Crippen LogP) is 1.77. The highest BCUT2D eigenvalue weighted by molar-refractivity contribution is 5.66. The van der Waals surface area contributed by atoms with Crippen LogP contribution in [-0.4, -0.2) is 26.4 Å². The maximum atomic E-state index is 10.4. The van der Waals surface area contributed by atoms with Crippen LogP contribution in [0.5, 0.6) is 5.75 Å². The van der Waals surface area contributed by atoms with Crippen molar-refractivity contribution in [2.24, 2.45) is 0 Å². The molecule has 2 rings (SSSR count). The molecule has 1 heterocycles. The molecule has 19 heavy (non-hydrogen) atoms. The quantitative estimate of drug-likeness (QED) is 0.823. The largest absolute Gasteiger partial charge is 0.508 e. The number of aromatic nitrogens is 2. The summed E-state index contributed by atoms with van der Waals surface area (Å²) >= 11 is 0. The number of rotatable bonds is 6. The van der Waals surface area contributed by atoms with Gasteiger partial charge in [-0.05, 0) is 24.1 Å². The van der Waals surface area contributed by atoms with E-state index in [1.807, 2.05) is 6.07 Å². The Hall–Kier alpha value is -2.37. The molecular weight excluding hydrogens is 248 g/mol. The summed E-state index contributed by atoms with van der Waals surface area (Å²) in [5, 5.41) is 25.6. The van der Waals surface area contributed by atoms with Gasteiger partial charge in [0.1, 0.15) is 5.75 Å². The Morgan fingerprint density at radius 3 is 2.79 bits per heavy atom. The monoisotopic (exact) mass is 262 g/mol. The van der Waals surface area contributed by atoms with Gasteiger partial charge < -0.3 is 14.6 Å². The Morgan fingerprint density at radius 1 is 1.26 bits per heavy atom. The van der Waals surface area contributed by atoms with Crippen LogP contribution in [-0.2, 0) is 17.6 Å². The number of aryl methyl sites for hydroxylation is 1. The molecule has 0 aliphatic heterocycles. The van der Waals surface area contributed by atoms with Crippen molar-refractivity contribution in [1.82, 2.24) is 10.2 Å². The van der Waals surface area contributed by atoms with Gasteiger partial charge in [0.05, 0.1) is 6.42 Å². The van der Waals surface area contributed by atoms with Gasteiger partial charge in [-0.15, -0.1) is 10.2 Å². The summed E-state index contributed by atoms with van der Waals surface area (Å²) in [6, 6.07) is 6.83. The Balaban J connectivity index is 1.92. The number of carboxylic acid groups (broad SMARTS) is 1. The smallest absolute Gasteiger partial charge is 0.303 e. The second-order valence-electron chi connectivity index (χ2n) is 4.18. The fourth-order valence-electron chi connectivity index (χ4n) is 1.69. The van der Waals surface area contributed by atoms with Gasteiger partial charge in [-0.25, -0.2) is 0 Å². The molecule has 0 aliphatic carbocycles. The number of carboxylic acids is 1. The van der Waals surface area contributed by atoms with E-state index in [-0.39, 0.29) is 12.2 Å². The number of hydrogen-bond donors (Lipinski definition) is 2. The van der Waals surface area contributed by atoms with Gasteiger partial charge in [0.25, 0.3) is 0 Å². The van der Waals surface area contributed by atoms with Crippen LogP contribution >= 0.6 is 0 Å². The molecule has 6 nitrogen and oxygen atoms in total. The third-order valence-electron chi connectivity index (χ3n) is 2.56. The lowest BCUT2D eigenvalue weighted by molar-refractivity contribution is -0.137. The third kappa shape index (κ3) is 4.09. The van der Waals surface area contributed by atoms with Crippen molar-refractivity contribution in [3.8, 4) is 5.75 Å². The van der Waals surface area contributed by atoms with Crippen molar-refractivity contribution in [1.29, 1.82) is 0 Å². The Morgan fingerprint density at radius 2 is 2.05 bits per heavy atom. The molecule has 0 bridgehead atoms. The van der Waals surface area contributed by atoms with Gasteiger partial charge in [0, 0.05) is 12.8 Å². The van der Waals surface area contributed by atoms with Crippen molar-refractivity contribution >= 4 is 5.97 Å². The van der Waals surface area contributed by atoms with Gasteiger partial charge in [-0.3, -0.25) is 4.79 Å². The molecule has 0 saturated heterocycles. The fourth-order valence-corrected chi connectivity index (χ4v) is 1.69. The van der Waals surface area contributed by atoms with Crippen molar-refractivity contribution in [3.63, 3.8) is 0 Å². The van der Waals surface area contributed by atoms with E-state index in [1.54, 1.807) is 18.2 Å². The van der Waals surface area contributed by atoms with E-state index in [9.17, 15) is 9.90 Å². The molecule has 6 heteroatoms. The molecule has 2 aromatic rings. The number of phenols is 1. The Bertz CT molecular complexity index is 565. The number of aromatic hydroxyl groups is 1. The number of aliphatic carboxylic acids is 1. The van der Waals surface area contributed by atoms with Crippen LogP contribution < -0.4 is 0 Å². The minimum absolute atomic E-state index is 0.0876. The minimum atomic E-state index is -0.834. The zero-order chi connectivity index (χ0) is 13.7. The highest BCUT2D eigenvalue weighted by Crippen LogP contribution is 2.15. The van der Waals surface area contributed by atoms with Gasteiger partial charge in [0.2, 0.25) is 11.8 Å². The number of benzene rings is 1. The second kappa shape index (κ2) is 5.99. The van der Waals surface area contributed by atoms with Crippen LogP contribution in [0.2, 0.25) is 0 Å². The van der Waals surface area contributed by atoms with Crippen LogP contribution in [0.4, 0.5) is 0 Å². The summed E-state index contributed by atoms with van der Waals surface area (Å²) in [5.41, 5.74) is 0.876. The molecule has 0 atom stereocenters. The van der Waals surface area contributed by atoms with E-state index in [0.29, 0.717) is 31.0 Å². The Labute approximate surface area is 109 Å². The SMILES string of the molecule is O=C(O)CCCc1nnc(Cc2cccc(O)c2)o1. The summed E-state index contributed by atoms with van der Waals surface area (Å²) in [5.74, 6) is 0.255. The normalized spacial score (nSPS) is 10.5. The standard InChI is InChI=1S/C13H14N2O4/c16-10-4-1-3-9(7-10)8-12-15-14-11(19-12)5-2-6-13(17)18/h1,3-4,7,16H,2,5-6,8H2,(H,17,18). The molecule has 0 amide bonds. The Kier molecular flexibility index (Phi) is 4.12. The van der Waals surface area contributed by atoms with Gasteiger partial charge in [-0.2, -0.15) is 0 Å². The van der Waals surface area contributed by atoms with Crippen molar-refractivity contribution < 1.29 is 19.4 Å². The summed E-state index contributed by atoms with van der Waals surface area (Å²) in [6.07, 6.45) is 1.47. The van der Waals surface area contributed by atoms with Crippen LogP contribution in [0.15, 0.2) is 28.7 Å². The highest BCUT2D eigenvalue weighted by atomic mass is 16.4. The first-order valence-corrected chi connectivity index (χ1v) is 5.94.